The second-order valence-electron chi connectivity index (χ2n) is 0.519. The molecule has 0 saturated heterocycles. The maximum absolute atomic E-state index is 9.00. The fraction of sp³-hybridized carbons (Fsp3) is 0.500. The van der Waals surface area contributed by atoms with Gasteiger partial charge >= 0.3 is 29.6 Å². The average Bonchev–Trinajstić information content (AvgIpc) is 0.811. The second kappa shape index (κ2) is 4.47. The summed E-state index contributed by atoms with van der Waals surface area (Å²) in [5.74, 6) is -0.833. The monoisotopic (exact) mass is 92.1 g/mol. The molecule has 5 heavy (non-hydrogen) atoms. The molecule has 0 atom stereocenters. The van der Waals surface area contributed by atoms with E-state index < -0.39 is 5.97 Å². The molecule has 0 amide bonds. The van der Waals surface area contributed by atoms with E-state index in [-0.39, 0.29) is 36.7 Å². The molecule has 0 bridgehead atoms. The fourth-order valence-corrected chi connectivity index (χ4v) is 0. The Morgan fingerprint density at radius 3 is 2.20 bits per heavy atom. The van der Waals surface area contributed by atoms with Crippen LogP contribution in [0.1, 0.15) is 14.1 Å². The van der Waals surface area contributed by atoms with Crippen molar-refractivity contribution >= 4 is 5.97 Å². The molecule has 0 aliphatic heterocycles. The molecule has 0 rings (SSSR count). The Labute approximate surface area is 59.9 Å². The molecule has 0 aromatic heterocycles. The molecule has 0 fully saturated rings. The van der Waals surface area contributed by atoms with Gasteiger partial charge in [0.15, 0.2) is 0 Å². The van der Waals surface area contributed by atoms with Crippen molar-refractivity contribution in [1.29, 1.82) is 0 Å². The van der Waals surface area contributed by atoms with Crippen LogP contribution in [-0.4, -0.2) is 11.1 Å². The van der Waals surface area contributed by atoms with Crippen LogP contribution >= 0.6 is 0 Å². The van der Waals surface area contributed by atoms with Gasteiger partial charge in [0, 0.05) is 12.6 Å². The predicted octanol–water partition coefficient (Wildman–Crippen LogP) is -1.81. The molecule has 0 spiro atoms. The second-order valence-corrected chi connectivity index (χ2v) is 0.519. The van der Waals surface area contributed by atoms with Crippen LogP contribution in [0.3, 0.4) is 0 Å². The van der Waals surface area contributed by atoms with Crippen molar-refractivity contribution < 1.29 is 46.6 Å². The van der Waals surface area contributed by atoms with Crippen LogP contribution in [0, 0.1) is 0 Å². The SMILES string of the molecule is CC(=O)O.[H-].[HH].[HH].[HH].[HH].[Na+]. The Kier molecular flexibility index (Phi) is 8.11. The maximum atomic E-state index is 9.00. The first-order valence-electron chi connectivity index (χ1n) is 0.928. The van der Waals surface area contributed by atoms with E-state index in [2.05, 4.69) is 0 Å². The van der Waals surface area contributed by atoms with Crippen molar-refractivity contribution in [3.8, 4) is 0 Å². The summed E-state index contributed by atoms with van der Waals surface area (Å²) in [6, 6.07) is 0. The van der Waals surface area contributed by atoms with Gasteiger partial charge < -0.3 is 6.53 Å². The maximum Gasteiger partial charge on any atom is 1.00 e. The summed E-state index contributed by atoms with van der Waals surface area (Å²) in [5, 5.41) is 7.42. The van der Waals surface area contributed by atoms with Crippen molar-refractivity contribution in [2.45, 2.75) is 6.92 Å². The Balaban J connectivity index is -0.00000000300. The number of carboxylic acid groups (broad SMARTS) is 1. The molecule has 0 radical (unpaired) electrons. The van der Waals surface area contributed by atoms with Crippen LogP contribution in [0.4, 0.5) is 0 Å². The van der Waals surface area contributed by atoms with Gasteiger partial charge in [0.05, 0.1) is 0 Å². The van der Waals surface area contributed by atoms with Crippen LogP contribution in [0.5, 0.6) is 0 Å². The van der Waals surface area contributed by atoms with Crippen molar-refractivity contribution in [2.24, 2.45) is 0 Å². The summed E-state index contributed by atoms with van der Waals surface area (Å²) >= 11 is 0. The fourth-order valence-electron chi connectivity index (χ4n) is 0. The van der Waals surface area contributed by atoms with Crippen LogP contribution < -0.4 is 29.6 Å². The van der Waals surface area contributed by atoms with E-state index >= 15 is 0 Å². The van der Waals surface area contributed by atoms with Gasteiger partial charge in [-0.05, 0) is 0 Å². The van der Waals surface area contributed by atoms with Crippen LogP contribution in [0.25, 0.3) is 0 Å². The summed E-state index contributed by atoms with van der Waals surface area (Å²) in [4.78, 5) is 9.00. The first-order valence-corrected chi connectivity index (χ1v) is 0.928. The molecule has 0 aromatic carbocycles. The third-order valence-corrected chi connectivity index (χ3v) is 0. The van der Waals surface area contributed by atoms with Gasteiger partial charge in [-0.25, -0.2) is 0 Å². The van der Waals surface area contributed by atoms with E-state index in [1.807, 2.05) is 0 Å². The largest absolute Gasteiger partial charge is 1.00 e. The Bertz CT molecular complexity index is 40.6. The molecule has 0 heterocycles. The van der Waals surface area contributed by atoms with E-state index in [9.17, 15) is 0 Å². The van der Waals surface area contributed by atoms with E-state index in [4.69, 9.17) is 9.90 Å². The third-order valence-electron chi connectivity index (χ3n) is 0. The standard InChI is InChI=1S/C2H4O2.Na.4H2.H/c1-2(3)4;;;;;;/h1H3,(H,3,4);;4*1H;/q;+1;;;;;-1. The molecule has 34 valence electrons. The molecular formula is C2H13NaO2. The number of hydrogen-bond acceptors (Lipinski definition) is 1. The smallest absolute Gasteiger partial charge is 1.00 e. The van der Waals surface area contributed by atoms with Gasteiger partial charge in [0.25, 0.3) is 5.97 Å². The minimum Gasteiger partial charge on any atom is -1.00 e. The summed E-state index contributed by atoms with van der Waals surface area (Å²) in [5.41, 5.74) is 0. The van der Waals surface area contributed by atoms with E-state index in [1.54, 1.807) is 0 Å². The molecule has 3 heteroatoms. The van der Waals surface area contributed by atoms with Crippen molar-refractivity contribution in [3.63, 3.8) is 0 Å². The van der Waals surface area contributed by atoms with Gasteiger partial charge in [-0.1, -0.05) is 0 Å². The molecule has 0 saturated carbocycles. The van der Waals surface area contributed by atoms with Crippen LogP contribution in [-0.2, 0) is 4.79 Å². The normalized spacial score (nSPS) is 5.00. The van der Waals surface area contributed by atoms with Crippen molar-refractivity contribution in [3.05, 3.63) is 0 Å². The average molecular weight is 92.1 g/mol. The zero-order chi connectivity index (χ0) is 3.58. The minimum absolute atomic E-state index is 0. The summed E-state index contributed by atoms with van der Waals surface area (Å²) in [7, 11) is 0. The van der Waals surface area contributed by atoms with Gasteiger partial charge in [-0.15, -0.1) is 0 Å². The van der Waals surface area contributed by atoms with E-state index in [0.29, 0.717) is 0 Å². The quantitative estimate of drug-likeness (QED) is 0.358. The summed E-state index contributed by atoms with van der Waals surface area (Å²) in [6.45, 7) is 1.08. The molecule has 2 nitrogen and oxygen atoms in total. The van der Waals surface area contributed by atoms with E-state index in [1.165, 1.54) is 0 Å². The number of carboxylic acids is 1. The first-order chi connectivity index (χ1) is 1.73. The number of rotatable bonds is 0. The number of carbonyl (C=O) groups is 1. The van der Waals surface area contributed by atoms with Gasteiger partial charge in [0.2, 0.25) is 0 Å². The topological polar surface area (TPSA) is 37.3 Å². The Morgan fingerprint density at radius 1 is 2.20 bits per heavy atom. The molecule has 0 aromatic rings. The number of aliphatic carboxylic acids is 1. The Hall–Kier alpha value is 0.470. The zero-order valence-electron chi connectivity index (χ0n) is 4.36. The summed E-state index contributed by atoms with van der Waals surface area (Å²) in [6.07, 6.45) is 0. The zero-order valence-corrected chi connectivity index (χ0v) is 5.36. The first kappa shape index (κ1) is 9.08. The van der Waals surface area contributed by atoms with Crippen molar-refractivity contribution in [2.75, 3.05) is 0 Å². The predicted molar refractivity (Wildman–Crippen MR) is 22.9 cm³/mol. The van der Waals surface area contributed by atoms with Gasteiger partial charge in [0.1, 0.15) is 0 Å². The molecule has 1 N–H and O–H groups in total. The summed E-state index contributed by atoms with van der Waals surface area (Å²) < 4.78 is 0. The van der Waals surface area contributed by atoms with Crippen LogP contribution in [0.2, 0.25) is 0 Å². The minimum atomic E-state index is -0.833. The van der Waals surface area contributed by atoms with Gasteiger partial charge in [-0.3, -0.25) is 4.79 Å². The molecule has 0 unspecified atom stereocenters. The molecular weight excluding hydrogens is 79.0 g/mol. The molecule has 0 aliphatic rings. The van der Waals surface area contributed by atoms with Crippen LogP contribution in [0.15, 0.2) is 0 Å². The van der Waals surface area contributed by atoms with Gasteiger partial charge in [-0.2, -0.15) is 0 Å². The third kappa shape index (κ3) is 123. The molecule has 0 aliphatic carbocycles. The van der Waals surface area contributed by atoms with Crippen molar-refractivity contribution in [1.82, 2.24) is 0 Å². The number of hydrogen-bond donors (Lipinski definition) is 1. The Morgan fingerprint density at radius 2 is 2.20 bits per heavy atom. The van der Waals surface area contributed by atoms with E-state index in [0.717, 1.165) is 6.92 Å².